The highest BCUT2D eigenvalue weighted by Gasteiger charge is 2.26. The lowest BCUT2D eigenvalue weighted by atomic mass is 10.0. The van der Waals surface area contributed by atoms with E-state index in [9.17, 15) is 0 Å². The number of hydrogen-bond acceptors (Lipinski definition) is 3. The van der Waals surface area contributed by atoms with Crippen molar-refractivity contribution >= 4 is 43.2 Å². The molecule has 2 heterocycles. The summed E-state index contributed by atoms with van der Waals surface area (Å²) in [6.45, 7) is 4.30. The number of thiophene rings is 1. The van der Waals surface area contributed by atoms with Gasteiger partial charge in [0.1, 0.15) is 0 Å². The second-order valence-corrected chi connectivity index (χ2v) is 8.20. The fraction of sp³-hybridized carbons (Fsp3) is 0.333. The molecule has 106 valence electrons. The third kappa shape index (κ3) is 3.17. The molecule has 1 aliphatic rings. The molecule has 0 saturated carbocycles. The largest absolute Gasteiger partial charge is 0.314 e. The van der Waals surface area contributed by atoms with Crippen LogP contribution in [-0.2, 0) is 0 Å². The van der Waals surface area contributed by atoms with Crippen molar-refractivity contribution in [3.63, 3.8) is 0 Å². The van der Waals surface area contributed by atoms with Gasteiger partial charge in [0.05, 0.1) is 9.83 Å². The fourth-order valence-electron chi connectivity index (χ4n) is 2.64. The van der Waals surface area contributed by atoms with E-state index in [1.54, 1.807) is 0 Å². The smallest absolute Gasteiger partial charge is 0.0708 e. The van der Waals surface area contributed by atoms with Gasteiger partial charge in [-0.3, -0.25) is 4.90 Å². The SMILES string of the molecule is Brc1ccc(C(c2ccccc2Br)N2CCNCC2)s1. The Bertz CT molecular complexity index is 579. The minimum absolute atomic E-state index is 0.337. The summed E-state index contributed by atoms with van der Waals surface area (Å²) in [5.41, 5.74) is 1.35. The van der Waals surface area contributed by atoms with E-state index in [0.717, 1.165) is 26.2 Å². The summed E-state index contributed by atoms with van der Waals surface area (Å²) in [5, 5.41) is 3.43. The average molecular weight is 416 g/mol. The number of piperazine rings is 1. The first-order chi connectivity index (χ1) is 9.75. The van der Waals surface area contributed by atoms with E-state index < -0.39 is 0 Å². The van der Waals surface area contributed by atoms with Gasteiger partial charge in [-0.2, -0.15) is 0 Å². The predicted molar refractivity (Wildman–Crippen MR) is 92.4 cm³/mol. The molecular formula is C15H16Br2N2S. The van der Waals surface area contributed by atoms with Crippen molar-refractivity contribution in [3.8, 4) is 0 Å². The van der Waals surface area contributed by atoms with Crippen molar-refractivity contribution in [2.24, 2.45) is 0 Å². The maximum absolute atomic E-state index is 3.72. The first kappa shape index (κ1) is 14.7. The number of halogens is 2. The van der Waals surface area contributed by atoms with Crippen LogP contribution in [0.1, 0.15) is 16.5 Å². The third-order valence-corrected chi connectivity index (χ3v) is 5.98. The van der Waals surface area contributed by atoms with Gasteiger partial charge < -0.3 is 5.32 Å². The van der Waals surface area contributed by atoms with E-state index in [1.807, 2.05) is 11.3 Å². The first-order valence-corrected chi connectivity index (χ1v) is 9.10. The molecule has 1 fully saturated rings. The zero-order valence-corrected chi connectivity index (χ0v) is 15.0. The number of nitrogens with zero attached hydrogens (tertiary/aromatic N) is 1. The Morgan fingerprint density at radius 1 is 1.05 bits per heavy atom. The summed E-state index contributed by atoms with van der Waals surface area (Å²) >= 11 is 9.14. The maximum Gasteiger partial charge on any atom is 0.0708 e. The molecule has 1 unspecified atom stereocenters. The molecule has 2 nitrogen and oxygen atoms in total. The summed E-state index contributed by atoms with van der Waals surface area (Å²) in [6, 6.07) is 13.3. The van der Waals surface area contributed by atoms with Crippen LogP contribution < -0.4 is 5.32 Å². The molecule has 0 bridgehead atoms. The Balaban J connectivity index is 2.01. The molecule has 1 atom stereocenters. The van der Waals surface area contributed by atoms with Crippen LogP contribution in [0.15, 0.2) is 44.7 Å². The number of benzene rings is 1. The number of hydrogen-bond donors (Lipinski definition) is 1. The van der Waals surface area contributed by atoms with E-state index in [2.05, 4.69) is 78.5 Å². The molecule has 1 N–H and O–H groups in total. The van der Waals surface area contributed by atoms with E-state index in [0.29, 0.717) is 6.04 Å². The van der Waals surface area contributed by atoms with Crippen molar-refractivity contribution in [3.05, 3.63) is 55.1 Å². The first-order valence-electron chi connectivity index (χ1n) is 6.70. The zero-order valence-electron chi connectivity index (χ0n) is 11.0. The molecule has 1 aliphatic heterocycles. The van der Waals surface area contributed by atoms with Gasteiger partial charge in [-0.05, 0) is 39.7 Å². The molecule has 0 spiro atoms. The molecule has 0 amide bonds. The molecule has 1 aromatic heterocycles. The lowest BCUT2D eigenvalue weighted by molar-refractivity contribution is 0.200. The van der Waals surface area contributed by atoms with Gasteiger partial charge in [0.25, 0.3) is 0 Å². The van der Waals surface area contributed by atoms with Crippen LogP contribution in [0, 0.1) is 0 Å². The Kier molecular flexibility index (Phi) is 4.94. The van der Waals surface area contributed by atoms with Crippen LogP contribution in [0.3, 0.4) is 0 Å². The lowest BCUT2D eigenvalue weighted by Gasteiger charge is -2.35. The molecule has 1 aromatic carbocycles. The van der Waals surface area contributed by atoms with Crippen LogP contribution in [0.4, 0.5) is 0 Å². The maximum atomic E-state index is 3.72. The molecule has 5 heteroatoms. The Hall–Kier alpha value is -0.200. The third-order valence-electron chi connectivity index (χ3n) is 3.58. The minimum atomic E-state index is 0.337. The molecule has 1 saturated heterocycles. The molecule has 0 aliphatic carbocycles. The highest BCUT2D eigenvalue weighted by molar-refractivity contribution is 9.11. The van der Waals surface area contributed by atoms with Gasteiger partial charge in [-0.1, -0.05) is 34.1 Å². The van der Waals surface area contributed by atoms with Crippen molar-refractivity contribution in [1.82, 2.24) is 10.2 Å². The van der Waals surface area contributed by atoms with Gasteiger partial charge >= 0.3 is 0 Å². The van der Waals surface area contributed by atoms with Crippen molar-refractivity contribution in [1.29, 1.82) is 0 Å². The predicted octanol–water partition coefficient (Wildman–Crippen LogP) is 4.27. The van der Waals surface area contributed by atoms with Gasteiger partial charge in [-0.15, -0.1) is 11.3 Å². The highest BCUT2D eigenvalue weighted by atomic mass is 79.9. The highest BCUT2D eigenvalue weighted by Crippen LogP contribution is 2.38. The van der Waals surface area contributed by atoms with E-state index >= 15 is 0 Å². The van der Waals surface area contributed by atoms with Gasteiger partial charge in [0, 0.05) is 35.5 Å². The summed E-state index contributed by atoms with van der Waals surface area (Å²) in [7, 11) is 0. The standard InChI is InChI=1S/C15H16Br2N2S/c16-12-4-2-1-3-11(12)15(13-5-6-14(17)20-13)19-9-7-18-8-10-19/h1-6,15,18H,7-10H2. The summed E-state index contributed by atoms with van der Waals surface area (Å²) in [6.07, 6.45) is 0. The Morgan fingerprint density at radius 3 is 2.45 bits per heavy atom. The molecule has 0 radical (unpaired) electrons. The normalized spacial score (nSPS) is 18.1. The van der Waals surface area contributed by atoms with E-state index in [4.69, 9.17) is 0 Å². The second kappa shape index (κ2) is 6.71. The molecule has 3 rings (SSSR count). The summed E-state index contributed by atoms with van der Waals surface area (Å²) < 4.78 is 2.38. The van der Waals surface area contributed by atoms with Crippen LogP contribution in [0.5, 0.6) is 0 Å². The zero-order chi connectivity index (χ0) is 13.9. The monoisotopic (exact) mass is 414 g/mol. The van der Waals surface area contributed by atoms with E-state index in [1.165, 1.54) is 18.7 Å². The van der Waals surface area contributed by atoms with Crippen molar-refractivity contribution in [2.75, 3.05) is 26.2 Å². The average Bonchev–Trinajstić information content (AvgIpc) is 2.89. The summed E-state index contributed by atoms with van der Waals surface area (Å²) in [5.74, 6) is 0. The molecular weight excluding hydrogens is 400 g/mol. The van der Waals surface area contributed by atoms with Gasteiger partial charge in [0.15, 0.2) is 0 Å². The van der Waals surface area contributed by atoms with Crippen LogP contribution >= 0.6 is 43.2 Å². The second-order valence-electron chi connectivity index (χ2n) is 4.85. The van der Waals surface area contributed by atoms with Gasteiger partial charge in [-0.25, -0.2) is 0 Å². The minimum Gasteiger partial charge on any atom is -0.314 e. The molecule has 2 aromatic rings. The molecule has 20 heavy (non-hydrogen) atoms. The Morgan fingerprint density at radius 2 is 1.80 bits per heavy atom. The quantitative estimate of drug-likeness (QED) is 0.805. The van der Waals surface area contributed by atoms with Gasteiger partial charge in [0.2, 0.25) is 0 Å². The topological polar surface area (TPSA) is 15.3 Å². The number of rotatable bonds is 3. The van der Waals surface area contributed by atoms with Crippen molar-refractivity contribution < 1.29 is 0 Å². The van der Waals surface area contributed by atoms with Crippen LogP contribution in [0.25, 0.3) is 0 Å². The fourth-order valence-corrected chi connectivity index (χ4v) is 4.72. The van der Waals surface area contributed by atoms with Crippen molar-refractivity contribution in [2.45, 2.75) is 6.04 Å². The van der Waals surface area contributed by atoms with E-state index in [-0.39, 0.29) is 0 Å². The lowest BCUT2D eigenvalue weighted by Crippen LogP contribution is -2.45. The number of nitrogens with one attached hydrogen (secondary N) is 1. The van der Waals surface area contributed by atoms with Crippen LogP contribution in [-0.4, -0.2) is 31.1 Å². The summed E-state index contributed by atoms with van der Waals surface area (Å²) in [4.78, 5) is 3.96. The van der Waals surface area contributed by atoms with Crippen LogP contribution in [0.2, 0.25) is 0 Å². The Labute approximate surface area is 140 Å².